The standard InChI is InChI=1S/C17H12FNO/c18-16(17(20)12-6-2-1-3-7-12)14-10-11-19-15-9-5-4-8-13(14)15/h1-11,16H. The molecular formula is C17H12FNO. The van der Waals surface area contributed by atoms with Crippen molar-refractivity contribution < 1.29 is 9.18 Å². The molecule has 1 aromatic heterocycles. The minimum absolute atomic E-state index is 0.365. The third-order valence-electron chi connectivity index (χ3n) is 3.24. The van der Waals surface area contributed by atoms with Gasteiger partial charge < -0.3 is 0 Å². The van der Waals surface area contributed by atoms with E-state index in [0.29, 0.717) is 22.0 Å². The Morgan fingerprint density at radius 3 is 2.45 bits per heavy atom. The molecule has 20 heavy (non-hydrogen) atoms. The van der Waals surface area contributed by atoms with E-state index in [1.807, 2.05) is 12.1 Å². The normalized spacial score (nSPS) is 12.2. The van der Waals surface area contributed by atoms with Crippen LogP contribution in [0.3, 0.4) is 0 Å². The molecule has 0 aliphatic heterocycles. The number of fused-ring (bicyclic) bond motifs is 1. The summed E-state index contributed by atoms with van der Waals surface area (Å²) < 4.78 is 14.6. The molecule has 0 spiro atoms. The Morgan fingerprint density at radius 1 is 0.950 bits per heavy atom. The summed E-state index contributed by atoms with van der Waals surface area (Å²) in [4.78, 5) is 16.4. The molecule has 98 valence electrons. The van der Waals surface area contributed by atoms with E-state index < -0.39 is 12.0 Å². The van der Waals surface area contributed by atoms with Crippen LogP contribution in [0.25, 0.3) is 10.9 Å². The summed E-state index contributed by atoms with van der Waals surface area (Å²) in [6.07, 6.45) is -0.145. The number of pyridine rings is 1. The molecule has 0 radical (unpaired) electrons. The van der Waals surface area contributed by atoms with E-state index in [1.165, 1.54) is 6.20 Å². The molecule has 1 heterocycles. The molecule has 0 aliphatic rings. The van der Waals surface area contributed by atoms with Crippen LogP contribution in [0.2, 0.25) is 0 Å². The van der Waals surface area contributed by atoms with Crippen molar-refractivity contribution in [1.82, 2.24) is 4.98 Å². The van der Waals surface area contributed by atoms with E-state index in [-0.39, 0.29) is 0 Å². The smallest absolute Gasteiger partial charge is 0.201 e. The minimum Gasteiger partial charge on any atom is -0.290 e. The predicted octanol–water partition coefficient (Wildman–Crippen LogP) is 4.13. The van der Waals surface area contributed by atoms with Crippen molar-refractivity contribution in [3.63, 3.8) is 0 Å². The van der Waals surface area contributed by atoms with Crippen LogP contribution in [0, 0.1) is 0 Å². The first-order valence-electron chi connectivity index (χ1n) is 6.34. The van der Waals surface area contributed by atoms with Gasteiger partial charge in [-0.05, 0) is 12.1 Å². The molecule has 0 aliphatic carbocycles. The molecule has 0 saturated carbocycles. The summed E-state index contributed by atoms with van der Waals surface area (Å²) in [5, 5.41) is 0.673. The number of carbonyl (C=O) groups is 1. The van der Waals surface area contributed by atoms with Gasteiger partial charge in [0, 0.05) is 22.7 Å². The lowest BCUT2D eigenvalue weighted by molar-refractivity contribution is 0.0879. The Bertz CT molecular complexity index is 750. The van der Waals surface area contributed by atoms with Crippen LogP contribution in [-0.4, -0.2) is 10.8 Å². The number of benzene rings is 2. The number of hydrogen-bond donors (Lipinski definition) is 0. The topological polar surface area (TPSA) is 30.0 Å². The summed E-state index contributed by atoms with van der Waals surface area (Å²) in [5.74, 6) is -0.526. The highest BCUT2D eigenvalue weighted by molar-refractivity contribution is 6.02. The number of ketones is 1. The number of nitrogens with zero attached hydrogens (tertiary/aromatic N) is 1. The fourth-order valence-corrected chi connectivity index (χ4v) is 2.23. The molecule has 0 amide bonds. The SMILES string of the molecule is O=C(c1ccccc1)C(F)c1ccnc2ccccc12. The zero-order valence-electron chi connectivity index (χ0n) is 10.7. The van der Waals surface area contributed by atoms with E-state index in [1.54, 1.807) is 48.5 Å². The maximum atomic E-state index is 14.6. The molecule has 0 fully saturated rings. The zero-order chi connectivity index (χ0) is 13.9. The maximum Gasteiger partial charge on any atom is 0.201 e. The highest BCUT2D eigenvalue weighted by atomic mass is 19.1. The number of carbonyl (C=O) groups excluding carboxylic acids is 1. The highest BCUT2D eigenvalue weighted by Gasteiger charge is 2.22. The molecule has 0 bridgehead atoms. The third-order valence-corrected chi connectivity index (χ3v) is 3.24. The number of hydrogen-bond acceptors (Lipinski definition) is 2. The molecule has 1 atom stereocenters. The first-order valence-corrected chi connectivity index (χ1v) is 6.34. The molecule has 2 aromatic carbocycles. The van der Waals surface area contributed by atoms with Gasteiger partial charge in [0.25, 0.3) is 0 Å². The van der Waals surface area contributed by atoms with E-state index in [9.17, 15) is 9.18 Å². The fourth-order valence-electron chi connectivity index (χ4n) is 2.23. The fraction of sp³-hybridized carbons (Fsp3) is 0.0588. The van der Waals surface area contributed by atoms with Gasteiger partial charge in [0.15, 0.2) is 6.17 Å². The van der Waals surface area contributed by atoms with Gasteiger partial charge in [-0.2, -0.15) is 0 Å². The Hall–Kier alpha value is -2.55. The second-order valence-corrected chi connectivity index (χ2v) is 4.51. The summed E-state index contributed by atoms with van der Waals surface area (Å²) in [7, 11) is 0. The number of alkyl halides is 1. The Morgan fingerprint density at radius 2 is 1.65 bits per heavy atom. The number of Topliss-reactive ketones (excluding diaryl/α,β-unsaturated/α-hetero) is 1. The molecular weight excluding hydrogens is 253 g/mol. The third kappa shape index (κ3) is 2.18. The lowest BCUT2D eigenvalue weighted by atomic mass is 9.98. The van der Waals surface area contributed by atoms with Crippen LogP contribution in [0.1, 0.15) is 22.1 Å². The van der Waals surface area contributed by atoms with Gasteiger partial charge in [0.2, 0.25) is 5.78 Å². The Kier molecular flexibility index (Phi) is 3.25. The quantitative estimate of drug-likeness (QED) is 0.666. The first-order chi connectivity index (χ1) is 9.77. The van der Waals surface area contributed by atoms with Crippen LogP contribution >= 0.6 is 0 Å². The summed E-state index contributed by atoms with van der Waals surface area (Å²) in [6.45, 7) is 0. The molecule has 3 aromatic rings. The number of para-hydroxylation sites is 1. The lowest BCUT2D eigenvalue weighted by Gasteiger charge is -2.10. The first kappa shape index (κ1) is 12.5. The van der Waals surface area contributed by atoms with Gasteiger partial charge in [0.05, 0.1) is 5.52 Å². The molecule has 3 rings (SSSR count). The lowest BCUT2D eigenvalue weighted by Crippen LogP contribution is -2.09. The van der Waals surface area contributed by atoms with Crippen LogP contribution < -0.4 is 0 Å². The Balaban J connectivity index is 2.05. The molecule has 2 nitrogen and oxygen atoms in total. The minimum atomic E-state index is -1.68. The largest absolute Gasteiger partial charge is 0.290 e. The van der Waals surface area contributed by atoms with E-state index >= 15 is 0 Å². The maximum absolute atomic E-state index is 14.6. The van der Waals surface area contributed by atoms with Crippen LogP contribution in [-0.2, 0) is 0 Å². The highest BCUT2D eigenvalue weighted by Crippen LogP contribution is 2.28. The van der Waals surface area contributed by atoms with Gasteiger partial charge in [0.1, 0.15) is 0 Å². The van der Waals surface area contributed by atoms with Gasteiger partial charge >= 0.3 is 0 Å². The second-order valence-electron chi connectivity index (χ2n) is 4.51. The summed E-state index contributed by atoms with van der Waals surface area (Å²) >= 11 is 0. The van der Waals surface area contributed by atoms with Gasteiger partial charge in [-0.25, -0.2) is 4.39 Å². The summed E-state index contributed by atoms with van der Waals surface area (Å²) in [5.41, 5.74) is 1.43. The van der Waals surface area contributed by atoms with Crippen molar-refractivity contribution in [3.05, 3.63) is 78.0 Å². The number of rotatable bonds is 3. The monoisotopic (exact) mass is 265 g/mol. The average molecular weight is 265 g/mol. The molecule has 1 unspecified atom stereocenters. The van der Waals surface area contributed by atoms with Crippen LogP contribution in [0.4, 0.5) is 4.39 Å². The average Bonchev–Trinajstić information content (AvgIpc) is 2.54. The molecule has 3 heteroatoms. The van der Waals surface area contributed by atoms with Gasteiger partial charge in [-0.3, -0.25) is 9.78 Å². The van der Waals surface area contributed by atoms with Crippen LogP contribution in [0.15, 0.2) is 66.9 Å². The van der Waals surface area contributed by atoms with Crippen molar-refractivity contribution in [2.45, 2.75) is 6.17 Å². The van der Waals surface area contributed by atoms with Crippen molar-refractivity contribution in [2.24, 2.45) is 0 Å². The van der Waals surface area contributed by atoms with Crippen molar-refractivity contribution in [1.29, 1.82) is 0 Å². The van der Waals surface area contributed by atoms with E-state index in [4.69, 9.17) is 0 Å². The Labute approximate surface area is 115 Å². The molecule has 0 N–H and O–H groups in total. The number of aromatic nitrogens is 1. The van der Waals surface area contributed by atoms with E-state index in [0.717, 1.165) is 0 Å². The molecule has 0 saturated heterocycles. The van der Waals surface area contributed by atoms with Gasteiger partial charge in [-0.1, -0.05) is 48.5 Å². The van der Waals surface area contributed by atoms with Crippen LogP contribution in [0.5, 0.6) is 0 Å². The van der Waals surface area contributed by atoms with Crippen molar-refractivity contribution in [3.8, 4) is 0 Å². The predicted molar refractivity (Wildman–Crippen MR) is 76.4 cm³/mol. The van der Waals surface area contributed by atoms with E-state index in [2.05, 4.69) is 4.98 Å². The summed E-state index contributed by atoms with van der Waals surface area (Å²) in [6, 6.07) is 17.3. The second kappa shape index (κ2) is 5.21. The number of halogens is 1. The van der Waals surface area contributed by atoms with Crippen molar-refractivity contribution >= 4 is 16.7 Å². The zero-order valence-corrected chi connectivity index (χ0v) is 10.7. The van der Waals surface area contributed by atoms with Crippen molar-refractivity contribution in [2.75, 3.05) is 0 Å². The van der Waals surface area contributed by atoms with Gasteiger partial charge in [-0.15, -0.1) is 0 Å².